The van der Waals surface area contributed by atoms with E-state index in [1.165, 1.54) is 0 Å². The SMILES string of the molecule is Cn1c(CP(=O)(O)O)nc2ccccc21. The molecule has 1 aromatic carbocycles. The molecule has 15 heavy (non-hydrogen) atoms. The summed E-state index contributed by atoms with van der Waals surface area (Å²) in [6, 6.07) is 7.39. The largest absolute Gasteiger partial charge is 0.333 e. The Balaban J connectivity index is 2.54. The zero-order valence-corrected chi connectivity index (χ0v) is 9.06. The molecule has 1 heterocycles. The zero-order chi connectivity index (χ0) is 11.1. The molecule has 0 unspecified atom stereocenters. The molecule has 0 amide bonds. The van der Waals surface area contributed by atoms with Gasteiger partial charge in [-0.1, -0.05) is 12.1 Å². The summed E-state index contributed by atoms with van der Waals surface area (Å²) in [5.74, 6) is 0.407. The third-order valence-corrected chi connectivity index (χ3v) is 2.92. The van der Waals surface area contributed by atoms with Gasteiger partial charge in [-0.05, 0) is 12.1 Å². The molecular weight excluding hydrogens is 215 g/mol. The van der Waals surface area contributed by atoms with Crippen LogP contribution in [0.3, 0.4) is 0 Å². The first-order valence-corrected chi connectivity index (χ1v) is 6.22. The molecule has 0 saturated heterocycles. The topological polar surface area (TPSA) is 75.4 Å². The second-order valence-corrected chi connectivity index (χ2v) is 5.04. The third-order valence-electron chi connectivity index (χ3n) is 2.23. The van der Waals surface area contributed by atoms with Crippen molar-refractivity contribution in [2.24, 2.45) is 7.05 Å². The molecule has 80 valence electrons. The molecule has 0 atom stereocenters. The molecule has 2 N–H and O–H groups in total. The molecule has 6 heteroatoms. The predicted octanol–water partition coefficient (Wildman–Crippen LogP) is 1.25. The molecule has 5 nitrogen and oxygen atoms in total. The molecule has 1 aromatic heterocycles. The van der Waals surface area contributed by atoms with Crippen molar-refractivity contribution in [1.82, 2.24) is 9.55 Å². The lowest BCUT2D eigenvalue weighted by atomic mass is 10.3. The van der Waals surface area contributed by atoms with E-state index >= 15 is 0 Å². The number of hydrogen-bond acceptors (Lipinski definition) is 2. The Morgan fingerprint density at radius 3 is 2.67 bits per heavy atom. The quantitative estimate of drug-likeness (QED) is 0.755. The minimum Gasteiger partial charge on any atom is -0.331 e. The molecule has 0 aliphatic carbocycles. The van der Waals surface area contributed by atoms with Gasteiger partial charge in [0.05, 0.1) is 11.0 Å². The normalized spacial score (nSPS) is 12.2. The van der Waals surface area contributed by atoms with Gasteiger partial charge in [0.2, 0.25) is 0 Å². The summed E-state index contributed by atoms with van der Waals surface area (Å²) >= 11 is 0. The van der Waals surface area contributed by atoms with Gasteiger partial charge in [0.25, 0.3) is 0 Å². The van der Waals surface area contributed by atoms with Crippen LogP contribution in [-0.4, -0.2) is 19.3 Å². The molecule has 2 rings (SSSR count). The molecule has 0 radical (unpaired) electrons. The van der Waals surface area contributed by atoms with E-state index in [0.29, 0.717) is 5.82 Å². The summed E-state index contributed by atoms with van der Waals surface area (Å²) in [5, 5.41) is 0. The average Bonchev–Trinajstić information content (AvgIpc) is 2.42. The van der Waals surface area contributed by atoms with Crippen LogP contribution in [0.1, 0.15) is 5.82 Å². The van der Waals surface area contributed by atoms with E-state index in [9.17, 15) is 4.57 Å². The van der Waals surface area contributed by atoms with E-state index in [1.54, 1.807) is 11.6 Å². The van der Waals surface area contributed by atoms with Crippen LogP contribution >= 0.6 is 7.60 Å². The number of imidazole rings is 1. The fourth-order valence-electron chi connectivity index (χ4n) is 1.52. The number of aromatic nitrogens is 2. The molecular formula is C9H11N2O3P. The Labute approximate surface area is 86.5 Å². The number of fused-ring (bicyclic) bond motifs is 1. The van der Waals surface area contributed by atoms with Gasteiger partial charge in [0.15, 0.2) is 0 Å². The highest BCUT2D eigenvalue weighted by Crippen LogP contribution is 2.39. The fraction of sp³-hybridized carbons (Fsp3) is 0.222. The van der Waals surface area contributed by atoms with Crippen LogP contribution in [0.25, 0.3) is 11.0 Å². The van der Waals surface area contributed by atoms with Gasteiger partial charge in [0.1, 0.15) is 12.0 Å². The second-order valence-electron chi connectivity index (χ2n) is 3.40. The standard InChI is InChI=1S/C9H11N2O3P/c1-11-8-5-3-2-4-7(8)10-9(11)6-15(12,13)14/h2-5H,6H2,1H3,(H2,12,13,14). The molecule has 2 aromatic rings. The number of aryl methyl sites for hydroxylation is 1. The van der Waals surface area contributed by atoms with E-state index in [4.69, 9.17) is 9.79 Å². The lowest BCUT2D eigenvalue weighted by molar-refractivity contribution is 0.370. The van der Waals surface area contributed by atoms with Crippen molar-refractivity contribution in [1.29, 1.82) is 0 Å². The summed E-state index contributed by atoms with van der Waals surface area (Å²) in [4.78, 5) is 21.9. The summed E-state index contributed by atoms with van der Waals surface area (Å²) in [5.41, 5.74) is 1.63. The van der Waals surface area contributed by atoms with Gasteiger partial charge < -0.3 is 14.4 Å². The third kappa shape index (κ3) is 2.09. The van der Waals surface area contributed by atoms with Crippen molar-refractivity contribution in [3.63, 3.8) is 0 Å². The molecule has 0 aliphatic rings. The number of nitrogens with zero attached hydrogens (tertiary/aromatic N) is 2. The van der Waals surface area contributed by atoms with Gasteiger partial charge in [-0.15, -0.1) is 0 Å². The van der Waals surface area contributed by atoms with Gasteiger partial charge in [-0.3, -0.25) is 4.57 Å². The van der Waals surface area contributed by atoms with Gasteiger partial charge in [-0.2, -0.15) is 0 Å². The minimum absolute atomic E-state index is 0.321. The van der Waals surface area contributed by atoms with E-state index in [2.05, 4.69) is 4.98 Å². The maximum atomic E-state index is 10.9. The Hall–Kier alpha value is -1.16. The molecule has 0 spiro atoms. The maximum Gasteiger partial charge on any atom is 0.333 e. The van der Waals surface area contributed by atoms with Crippen molar-refractivity contribution in [2.45, 2.75) is 6.16 Å². The Kier molecular flexibility index (Phi) is 2.38. The summed E-state index contributed by atoms with van der Waals surface area (Å²) in [6.07, 6.45) is -0.321. The average molecular weight is 226 g/mol. The smallest absolute Gasteiger partial charge is 0.331 e. The van der Waals surface area contributed by atoms with Crippen LogP contribution in [0.2, 0.25) is 0 Å². The van der Waals surface area contributed by atoms with Gasteiger partial charge >= 0.3 is 7.60 Å². The molecule has 0 fully saturated rings. The Bertz CT molecular complexity index is 543. The van der Waals surface area contributed by atoms with Crippen molar-refractivity contribution in [3.05, 3.63) is 30.1 Å². The van der Waals surface area contributed by atoms with E-state index < -0.39 is 7.60 Å². The van der Waals surface area contributed by atoms with E-state index in [-0.39, 0.29) is 6.16 Å². The van der Waals surface area contributed by atoms with Crippen LogP contribution in [-0.2, 0) is 17.8 Å². The van der Waals surface area contributed by atoms with Crippen LogP contribution in [0, 0.1) is 0 Å². The lowest BCUT2D eigenvalue weighted by Crippen LogP contribution is -1.98. The zero-order valence-electron chi connectivity index (χ0n) is 8.16. The van der Waals surface area contributed by atoms with Gasteiger partial charge in [0, 0.05) is 7.05 Å². The Morgan fingerprint density at radius 1 is 1.40 bits per heavy atom. The maximum absolute atomic E-state index is 10.9. The molecule has 0 bridgehead atoms. The van der Waals surface area contributed by atoms with Crippen LogP contribution < -0.4 is 0 Å². The molecule has 0 saturated carbocycles. The van der Waals surface area contributed by atoms with Crippen LogP contribution in [0.5, 0.6) is 0 Å². The summed E-state index contributed by atoms with van der Waals surface area (Å²) in [6.45, 7) is 0. The highest BCUT2D eigenvalue weighted by Gasteiger charge is 2.18. The van der Waals surface area contributed by atoms with Crippen LogP contribution in [0.15, 0.2) is 24.3 Å². The molecule has 0 aliphatic heterocycles. The summed E-state index contributed by atoms with van der Waals surface area (Å²) in [7, 11) is -2.30. The Morgan fingerprint density at radius 2 is 2.07 bits per heavy atom. The van der Waals surface area contributed by atoms with Crippen LogP contribution in [0.4, 0.5) is 0 Å². The van der Waals surface area contributed by atoms with Crippen molar-refractivity contribution in [2.75, 3.05) is 0 Å². The summed E-state index contributed by atoms with van der Waals surface area (Å²) < 4.78 is 12.6. The first kappa shape index (κ1) is 10.4. The highest BCUT2D eigenvalue weighted by atomic mass is 31.2. The lowest BCUT2D eigenvalue weighted by Gasteiger charge is -2.03. The minimum atomic E-state index is -4.05. The van der Waals surface area contributed by atoms with Crippen molar-refractivity contribution >= 4 is 18.6 Å². The van der Waals surface area contributed by atoms with E-state index in [1.807, 2.05) is 24.3 Å². The van der Waals surface area contributed by atoms with Crippen molar-refractivity contribution in [3.8, 4) is 0 Å². The fourth-order valence-corrected chi connectivity index (χ4v) is 2.17. The second kappa shape index (κ2) is 3.45. The first-order valence-electron chi connectivity index (χ1n) is 4.42. The monoisotopic (exact) mass is 226 g/mol. The number of rotatable bonds is 2. The van der Waals surface area contributed by atoms with Gasteiger partial charge in [-0.25, -0.2) is 4.98 Å². The van der Waals surface area contributed by atoms with Crippen molar-refractivity contribution < 1.29 is 14.4 Å². The predicted molar refractivity (Wildman–Crippen MR) is 56.5 cm³/mol. The highest BCUT2D eigenvalue weighted by molar-refractivity contribution is 7.50. The first-order chi connectivity index (χ1) is 6.97. The number of benzene rings is 1. The van der Waals surface area contributed by atoms with E-state index in [0.717, 1.165) is 11.0 Å². The number of hydrogen-bond donors (Lipinski definition) is 2. The number of para-hydroxylation sites is 2.